The summed E-state index contributed by atoms with van der Waals surface area (Å²) in [5, 5.41) is 14.4. The molecule has 1 saturated carbocycles. The quantitative estimate of drug-likeness (QED) is 0.795. The number of nitrogens with zero attached hydrogens (tertiary/aromatic N) is 1. The molecule has 0 saturated heterocycles. The number of aromatic nitrogens is 1. The first-order valence-electron chi connectivity index (χ1n) is 7.22. The fraction of sp³-hybridized carbons (Fsp3) is 0.533. The van der Waals surface area contributed by atoms with Gasteiger partial charge in [-0.25, -0.2) is 9.59 Å². The zero-order valence-corrected chi connectivity index (χ0v) is 12.2. The number of carbonyl (C=O) groups excluding carboxylic acids is 1. The molecule has 2 amide bonds. The van der Waals surface area contributed by atoms with Crippen LogP contribution in [0.25, 0.3) is 0 Å². The number of carbonyl (C=O) groups is 2. The van der Waals surface area contributed by atoms with Crippen LogP contribution in [0.3, 0.4) is 0 Å². The number of aromatic carboxylic acids is 1. The minimum atomic E-state index is -1.07. The Balaban J connectivity index is 1.87. The largest absolute Gasteiger partial charge is 0.478 e. The molecule has 21 heavy (non-hydrogen) atoms. The number of urea groups is 1. The molecule has 114 valence electrons. The van der Waals surface area contributed by atoms with Crippen molar-refractivity contribution < 1.29 is 14.7 Å². The number of anilines is 1. The Morgan fingerprint density at radius 3 is 2.67 bits per heavy atom. The van der Waals surface area contributed by atoms with Gasteiger partial charge in [0.1, 0.15) is 0 Å². The zero-order valence-electron chi connectivity index (χ0n) is 12.2. The van der Waals surface area contributed by atoms with Crippen LogP contribution in [0.4, 0.5) is 10.5 Å². The highest BCUT2D eigenvalue weighted by Crippen LogP contribution is 2.34. The van der Waals surface area contributed by atoms with Crippen molar-refractivity contribution in [1.29, 1.82) is 0 Å². The topological polar surface area (TPSA) is 91.3 Å². The molecule has 6 nitrogen and oxygen atoms in total. The second kappa shape index (κ2) is 6.56. The third kappa shape index (κ3) is 4.44. The van der Waals surface area contributed by atoms with Crippen LogP contribution in [0.5, 0.6) is 0 Å². The first-order valence-corrected chi connectivity index (χ1v) is 7.22. The number of carboxylic acid groups (broad SMARTS) is 1. The number of amides is 2. The highest BCUT2D eigenvalue weighted by molar-refractivity contribution is 5.92. The first-order chi connectivity index (χ1) is 9.98. The summed E-state index contributed by atoms with van der Waals surface area (Å²) in [6.45, 7) is 2.82. The fourth-order valence-electron chi connectivity index (χ4n) is 2.68. The number of nitrogens with one attached hydrogen (secondary N) is 2. The summed E-state index contributed by atoms with van der Waals surface area (Å²) >= 11 is 0. The average molecular weight is 291 g/mol. The van der Waals surface area contributed by atoms with Gasteiger partial charge in [-0.3, -0.25) is 4.98 Å². The highest BCUT2D eigenvalue weighted by Gasteiger charge is 2.27. The third-order valence-corrected chi connectivity index (χ3v) is 3.98. The molecule has 6 heteroatoms. The number of hydrogen-bond donors (Lipinski definition) is 3. The van der Waals surface area contributed by atoms with E-state index in [2.05, 4.69) is 22.5 Å². The van der Waals surface area contributed by atoms with Gasteiger partial charge in [0.25, 0.3) is 0 Å². The molecule has 1 aliphatic carbocycles. The number of rotatable bonds is 4. The molecule has 2 rings (SSSR count). The second-order valence-corrected chi connectivity index (χ2v) is 5.95. The summed E-state index contributed by atoms with van der Waals surface area (Å²) in [5.41, 5.74) is 0.588. The monoisotopic (exact) mass is 291 g/mol. The van der Waals surface area contributed by atoms with Gasteiger partial charge in [0.15, 0.2) is 0 Å². The Morgan fingerprint density at radius 2 is 2.00 bits per heavy atom. The zero-order chi connectivity index (χ0) is 15.3. The lowest BCUT2D eigenvalue weighted by Gasteiger charge is -2.33. The molecule has 1 fully saturated rings. The van der Waals surface area contributed by atoms with Gasteiger partial charge < -0.3 is 15.7 Å². The molecular weight excluding hydrogens is 270 g/mol. The van der Waals surface area contributed by atoms with Crippen LogP contribution in [0.1, 0.15) is 49.4 Å². The Bertz CT molecular complexity index is 525. The predicted octanol–water partition coefficient (Wildman–Crippen LogP) is 2.87. The van der Waals surface area contributed by atoms with Gasteiger partial charge >= 0.3 is 12.0 Å². The number of pyridine rings is 1. The lowest BCUT2D eigenvalue weighted by molar-refractivity contribution is 0.0696. The molecule has 1 aliphatic rings. The van der Waals surface area contributed by atoms with Crippen molar-refractivity contribution >= 4 is 17.7 Å². The van der Waals surface area contributed by atoms with E-state index in [1.165, 1.54) is 37.7 Å². The lowest BCUT2D eigenvalue weighted by atomic mass is 9.76. The molecule has 1 heterocycles. The van der Waals surface area contributed by atoms with Gasteiger partial charge in [-0.05, 0) is 24.3 Å². The van der Waals surface area contributed by atoms with Crippen LogP contribution in [-0.4, -0.2) is 28.6 Å². The summed E-state index contributed by atoms with van der Waals surface area (Å²) < 4.78 is 0. The molecule has 0 aliphatic heterocycles. The van der Waals surface area contributed by atoms with Crippen LogP contribution >= 0.6 is 0 Å². The summed E-state index contributed by atoms with van der Waals surface area (Å²) in [6, 6.07) is 1.06. The smallest absolute Gasteiger partial charge is 0.337 e. The van der Waals surface area contributed by atoms with Gasteiger partial charge in [0.05, 0.1) is 17.4 Å². The van der Waals surface area contributed by atoms with Crippen LogP contribution < -0.4 is 10.6 Å². The Morgan fingerprint density at radius 1 is 1.29 bits per heavy atom. The SMILES string of the molecule is CC1(CNC(=O)Nc2cncc(C(=O)O)c2)CCCCC1. The Kier molecular flexibility index (Phi) is 4.77. The van der Waals surface area contributed by atoms with E-state index in [0.29, 0.717) is 12.2 Å². The Labute approximate surface area is 124 Å². The third-order valence-electron chi connectivity index (χ3n) is 3.98. The van der Waals surface area contributed by atoms with Crippen molar-refractivity contribution in [2.45, 2.75) is 39.0 Å². The Hall–Kier alpha value is -2.11. The van der Waals surface area contributed by atoms with Crippen LogP contribution in [0, 0.1) is 5.41 Å². The maximum atomic E-state index is 11.9. The van der Waals surface area contributed by atoms with Gasteiger partial charge in [0.2, 0.25) is 0 Å². The minimum absolute atomic E-state index is 0.0482. The van der Waals surface area contributed by atoms with E-state index in [-0.39, 0.29) is 17.0 Å². The van der Waals surface area contributed by atoms with E-state index >= 15 is 0 Å². The molecule has 0 bridgehead atoms. The summed E-state index contributed by atoms with van der Waals surface area (Å²) in [7, 11) is 0. The van der Waals surface area contributed by atoms with Crippen molar-refractivity contribution in [3.63, 3.8) is 0 Å². The van der Waals surface area contributed by atoms with E-state index in [1.54, 1.807) is 0 Å². The van der Waals surface area contributed by atoms with Crippen molar-refractivity contribution in [3.8, 4) is 0 Å². The first kappa shape index (κ1) is 15.3. The summed E-state index contributed by atoms with van der Waals surface area (Å²) in [5.74, 6) is -1.07. The van der Waals surface area contributed by atoms with E-state index in [4.69, 9.17) is 5.11 Å². The van der Waals surface area contributed by atoms with E-state index in [0.717, 1.165) is 12.8 Å². The fourth-order valence-corrected chi connectivity index (χ4v) is 2.68. The average Bonchev–Trinajstić information content (AvgIpc) is 2.46. The van der Waals surface area contributed by atoms with Gasteiger partial charge in [-0.2, -0.15) is 0 Å². The van der Waals surface area contributed by atoms with E-state index in [1.807, 2.05) is 0 Å². The standard InChI is InChI=1S/C15H21N3O3/c1-15(5-3-2-4-6-15)10-17-14(21)18-12-7-11(13(19)20)8-16-9-12/h7-9H,2-6,10H2,1H3,(H,19,20)(H2,17,18,21). The molecule has 0 atom stereocenters. The van der Waals surface area contributed by atoms with Crippen LogP contribution in [0.15, 0.2) is 18.5 Å². The molecule has 0 radical (unpaired) electrons. The highest BCUT2D eigenvalue weighted by atomic mass is 16.4. The maximum Gasteiger partial charge on any atom is 0.337 e. The number of hydrogen-bond acceptors (Lipinski definition) is 3. The predicted molar refractivity (Wildman–Crippen MR) is 79.4 cm³/mol. The summed E-state index contributed by atoms with van der Waals surface area (Å²) in [4.78, 5) is 26.5. The van der Waals surface area contributed by atoms with Gasteiger partial charge in [0, 0.05) is 12.7 Å². The van der Waals surface area contributed by atoms with Crippen molar-refractivity contribution in [2.24, 2.45) is 5.41 Å². The molecule has 1 aromatic heterocycles. The van der Waals surface area contributed by atoms with E-state index in [9.17, 15) is 9.59 Å². The number of carboxylic acids is 1. The van der Waals surface area contributed by atoms with Crippen molar-refractivity contribution in [3.05, 3.63) is 24.0 Å². The second-order valence-electron chi connectivity index (χ2n) is 5.95. The lowest BCUT2D eigenvalue weighted by Crippen LogP contribution is -2.39. The normalized spacial score (nSPS) is 17.0. The van der Waals surface area contributed by atoms with Crippen LogP contribution in [0.2, 0.25) is 0 Å². The maximum absolute atomic E-state index is 11.9. The molecule has 3 N–H and O–H groups in total. The van der Waals surface area contributed by atoms with Crippen molar-refractivity contribution in [1.82, 2.24) is 10.3 Å². The minimum Gasteiger partial charge on any atom is -0.478 e. The molecule has 1 aromatic rings. The molecule has 0 aromatic carbocycles. The molecule has 0 spiro atoms. The van der Waals surface area contributed by atoms with Gasteiger partial charge in [-0.15, -0.1) is 0 Å². The van der Waals surface area contributed by atoms with Crippen molar-refractivity contribution in [2.75, 3.05) is 11.9 Å². The summed E-state index contributed by atoms with van der Waals surface area (Å²) in [6.07, 6.45) is 8.62. The molecule has 0 unspecified atom stereocenters. The van der Waals surface area contributed by atoms with E-state index < -0.39 is 5.97 Å². The van der Waals surface area contributed by atoms with Crippen LogP contribution in [-0.2, 0) is 0 Å². The molecular formula is C15H21N3O3. The van der Waals surface area contributed by atoms with Gasteiger partial charge in [-0.1, -0.05) is 26.2 Å².